The van der Waals surface area contributed by atoms with Gasteiger partial charge in [0.1, 0.15) is 0 Å². The van der Waals surface area contributed by atoms with Gasteiger partial charge in [-0.25, -0.2) is 0 Å². The Kier molecular flexibility index (Phi) is 4.29. The highest BCUT2D eigenvalue weighted by Crippen LogP contribution is 2.28. The van der Waals surface area contributed by atoms with Crippen LogP contribution in [0.4, 0.5) is 0 Å². The van der Waals surface area contributed by atoms with E-state index in [4.69, 9.17) is 0 Å². The molecule has 21 heavy (non-hydrogen) atoms. The van der Waals surface area contributed by atoms with Gasteiger partial charge < -0.3 is 10.6 Å². The molecule has 3 heteroatoms. The third kappa shape index (κ3) is 3.13. The van der Waals surface area contributed by atoms with Gasteiger partial charge in [-0.3, -0.25) is 4.79 Å². The van der Waals surface area contributed by atoms with E-state index in [0.29, 0.717) is 6.54 Å². The van der Waals surface area contributed by atoms with Crippen LogP contribution in [0, 0.1) is 5.92 Å². The van der Waals surface area contributed by atoms with Gasteiger partial charge in [0.15, 0.2) is 0 Å². The number of benzene rings is 1. The van der Waals surface area contributed by atoms with Gasteiger partial charge in [-0.1, -0.05) is 43.5 Å². The van der Waals surface area contributed by atoms with Gasteiger partial charge in [0.05, 0.1) is 5.54 Å². The highest BCUT2D eigenvalue weighted by molar-refractivity contribution is 5.78. The molecule has 1 aliphatic heterocycles. The molecule has 0 saturated heterocycles. The lowest BCUT2D eigenvalue weighted by atomic mass is 9.83. The van der Waals surface area contributed by atoms with Gasteiger partial charge in [0.2, 0.25) is 5.91 Å². The predicted molar refractivity (Wildman–Crippen MR) is 85.1 cm³/mol. The van der Waals surface area contributed by atoms with Crippen LogP contribution in [0.3, 0.4) is 0 Å². The number of nitrogens with one attached hydrogen (secondary N) is 2. The van der Waals surface area contributed by atoms with Gasteiger partial charge in [0, 0.05) is 19.0 Å². The first-order valence-electron chi connectivity index (χ1n) is 8.30. The molecule has 0 radical (unpaired) electrons. The fraction of sp³-hybridized carbons (Fsp3) is 0.611. The van der Waals surface area contributed by atoms with Crippen molar-refractivity contribution in [3.63, 3.8) is 0 Å². The van der Waals surface area contributed by atoms with Crippen LogP contribution in [-0.2, 0) is 16.8 Å². The highest BCUT2D eigenvalue weighted by Gasteiger charge is 2.32. The van der Waals surface area contributed by atoms with E-state index in [1.165, 1.54) is 30.4 Å². The van der Waals surface area contributed by atoms with Crippen molar-refractivity contribution in [2.75, 3.05) is 13.1 Å². The highest BCUT2D eigenvalue weighted by atomic mass is 16.1. The van der Waals surface area contributed by atoms with Crippen LogP contribution in [-0.4, -0.2) is 19.0 Å². The molecule has 1 unspecified atom stereocenters. The summed E-state index contributed by atoms with van der Waals surface area (Å²) in [6, 6.07) is 8.59. The summed E-state index contributed by atoms with van der Waals surface area (Å²) in [6.07, 6.45) is 6.89. The van der Waals surface area contributed by atoms with Crippen molar-refractivity contribution in [3.8, 4) is 0 Å². The average molecular weight is 286 g/mol. The number of rotatable bonds is 3. The number of hydrogen-bond acceptors (Lipinski definition) is 2. The summed E-state index contributed by atoms with van der Waals surface area (Å²) in [5.74, 6) is 0.488. The molecular weight excluding hydrogens is 260 g/mol. The maximum atomic E-state index is 12.4. The zero-order chi connectivity index (χ0) is 14.7. The topological polar surface area (TPSA) is 41.1 Å². The zero-order valence-electron chi connectivity index (χ0n) is 13.0. The Morgan fingerprint density at radius 2 is 2.05 bits per heavy atom. The van der Waals surface area contributed by atoms with Gasteiger partial charge in [0.25, 0.3) is 0 Å². The van der Waals surface area contributed by atoms with E-state index in [9.17, 15) is 4.79 Å². The summed E-state index contributed by atoms with van der Waals surface area (Å²) >= 11 is 0. The molecule has 2 aliphatic rings. The number of amides is 1. The molecule has 1 saturated carbocycles. The molecule has 1 fully saturated rings. The molecule has 1 amide bonds. The summed E-state index contributed by atoms with van der Waals surface area (Å²) in [4.78, 5) is 12.4. The molecule has 3 nitrogen and oxygen atoms in total. The number of carbonyl (C=O) groups excluding carboxylic acids is 1. The van der Waals surface area contributed by atoms with E-state index < -0.39 is 0 Å². The van der Waals surface area contributed by atoms with Crippen molar-refractivity contribution in [2.24, 2.45) is 5.92 Å². The molecule has 1 heterocycles. The zero-order valence-corrected chi connectivity index (χ0v) is 13.0. The second-order valence-corrected chi connectivity index (χ2v) is 6.72. The molecule has 1 aliphatic carbocycles. The first-order valence-corrected chi connectivity index (χ1v) is 8.30. The van der Waals surface area contributed by atoms with Crippen molar-refractivity contribution in [3.05, 3.63) is 35.4 Å². The molecular formula is C18H26N2O. The third-order valence-electron chi connectivity index (χ3n) is 5.11. The largest absolute Gasteiger partial charge is 0.354 e. The number of hydrogen-bond donors (Lipinski definition) is 2. The molecule has 1 aromatic carbocycles. The summed E-state index contributed by atoms with van der Waals surface area (Å²) in [5, 5.41) is 6.80. The standard InChI is InChI=1S/C18H26N2O/c1-18(13-19-17(21)15-8-3-2-4-9-15)16-10-6-5-7-14(16)11-12-20-18/h5-7,10,15,20H,2-4,8-9,11-13H2,1H3,(H,19,21). The van der Waals surface area contributed by atoms with E-state index in [-0.39, 0.29) is 17.4 Å². The first-order chi connectivity index (χ1) is 10.2. The maximum Gasteiger partial charge on any atom is 0.223 e. The van der Waals surface area contributed by atoms with Crippen LogP contribution in [0.25, 0.3) is 0 Å². The van der Waals surface area contributed by atoms with Gasteiger partial charge >= 0.3 is 0 Å². The SMILES string of the molecule is CC1(CNC(=O)C2CCCCC2)NCCc2ccccc21. The smallest absolute Gasteiger partial charge is 0.223 e. The Bertz CT molecular complexity index is 508. The van der Waals surface area contributed by atoms with Crippen molar-refractivity contribution in [2.45, 2.75) is 51.0 Å². The summed E-state index contributed by atoms with van der Waals surface area (Å²) < 4.78 is 0. The second-order valence-electron chi connectivity index (χ2n) is 6.72. The molecule has 0 aromatic heterocycles. The van der Waals surface area contributed by atoms with E-state index >= 15 is 0 Å². The maximum absolute atomic E-state index is 12.4. The lowest BCUT2D eigenvalue weighted by Crippen LogP contribution is -2.53. The minimum Gasteiger partial charge on any atom is -0.354 e. The predicted octanol–water partition coefficient (Wildman–Crippen LogP) is 2.74. The molecule has 1 atom stereocenters. The van der Waals surface area contributed by atoms with Crippen molar-refractivity contribution >= 4 is 5.91 Å². The van der Waals surface area contributed by atoms with Crippen molar-refractivity contribution in [1.29, 1.82) is 0 Å². The quantitative estimate of drug-likeness (QED) is 0.897. The van der Waals surface area contributed by atoms with Crippen molar-refractivity contribution < 1.29 is 4.79 Å². The van der Waals surface area contributed by atoms with E-state index in [1.54, 1.807) is 0 Å². The fourth-order valence-electron chi connectivity index (χ4n) is 3.78. The Labute approximate surface area is 127 Å². The summed E-state index contributed by atoms with van der Waals surface area (Å²) in [5.41, 5.74) is 2.60. The van der Waals surface area contributed by atoms with Gasteiger partial charge in [-0.05, 0) is 37.3 Å². The van der Waals surface area contributed by atoms with E-state index in [0.717, 1.165) is 25.8 Å². The monoisotopic (exact) mass is 286 g/mol. The van der Waals surface area contributed by atoms with Crippen molar-refractivity contribution in [1.82, 2.24) is 10.6 Å². The van der Waals surface area contributed by atoms with E-state index in [2.05, 4.69) is 41.8 Å². The minimum absolute atomic E-state index is 0.140. The number of fused-ring (bicyclic) bond motifs is 1. The van der Waals surface area contributed by atoms with Crippen LogP contribution >= 0.6 is 0 Å². The minimum atomic E-state index is -0.140. The molecule has 0 spiro atoms. The van der Waals surface area contributed by atoms with E-state index in [1.807, 2.05) is 0 Å². The lowest BCUT2D eigenvalue weighted by Gasteiger charge is -2.38. The molecule has 3 rings (SSSR count). The lowest BCUT2D eigenvalue weighted by molar-refractivity contribution is -0.126. The summed E-state index contributed by atoms with van der Waals surface area (Å²) in [6.45, 7) is 3.86. The Morgan fingerprint density at radius 1 is 1.29 bits per heavy atom. The van der Waals surface area contributed by atoms with Crippen LogP contribution in [0.1, 0.15) is 50.2 Å². The Balaban J connectivity index is 1.66. The van der Waals surface area contributed by atoms with Crippen LogP contribution < -0.4 is 10.6 Å². The van der Waals surface area contributed by atoms with Crippen LogP contribution in [0.5, 0.6) is 0 Å². The third-order valence-corrected chi connectivity index (χ3v) is 5.11. The Hall–Kier alpha value is -1.35. The van der Waals surface area contributed by atoms with Gasteiger partial charge in [-0.2, -0.15) is 0 Å². The molecule has 2 N–H and O–H groups in total. The van der Waals surface area contributed by atoms with Gasteiger partial charge in [-0.15, -0.1) is 0 Å². The average Bonchev–Trinajstić information content (AvgIpc) is 2.54. The molecule has 1 aromatic rings. The second kappa shape index (κ2) is 6.18. The van der Waals surface area contributed by atoms with Crippen LogP contribution in [0.15, 0.2) is 24.3 Å². The molecule has 114 valence electrons. The Morgan fingerprint density at radius 3 is 2.86 bits per heavy atom. The fourth-order valence-corrected chi connectivity index (χ4v) is 3.78. The summed E-state index contributed by atoms with van der Waals surface area (Å²) in [7, 11) is 0. The molecule has 0 bridgehead atoms. The number of carbonyl (C=O) groups is 1. The first kappa shape index (κ1) is 14.6. The van der Waals surface area contributed by atoms with Crippen LogP contribution in [0.2, 0.25) is 0 Å². The normalized spacial score (nSPS) is 26.1.